The van der Waals surface area contributed by atoms with Crippen molar-refractivity contribution in [1.82, 2.24) is 10.6 Å². The monoisotopic (exact) mass is 156 g/mol. The first-order valence-corrected chi connectivity index (χ1v) is 3.10. The molecule has 0 radical (unpaired) electrons. The van der Waals surface area contributed by atoms with Gasteiger partial charge < -0.3 is 15.4 Å². The summed E-state index contributed by atoms with van der Waals surface area (Å²) in [5.41, 5.74) is 0. The molecule has 2 N–H and O–H groups in total. The maximum Gasteiger partial charge on any atom is 0.412 e. The molecule has 0 aliphatic carbocycles. The first-order valence-electron chi connectivity index (χ1n) is 3.10. The van der Waals surface area contributed by atoms with Crippen LogP contribution in [0.25, 0.3) is 0 Å². The highest BCUT2D eigenvalue weighted by molar-refractivity contribution is 5.75. The van der Waals surface area contributed by atoms with Gasteiger partial charge >= 0.3 is 6.09 Å². The van der Waals surface area contributed by atoms with Crippen LogP contribution in [0.1, 0.15) is 6.92 Å². The normalized spacial score (nSPS) is 19.4. The number of hydrogen-bond acceptors (Lipinski definition) is 3. The first-order chi connectivity index (χ1) is 5.18. The van der Waals surface area contributed by atoms with Gasteiger partial charge in [-0.05, 0) is 0 Å². The van der Waals surface area contributed by atoms with E-state index in [0.717, 1.165) is 0 Å². The second-order valence-corrected chi connectivity index (χ2v) is 2.05. The summed E-state index contributed by atoms with van der Waals surface area (Å²) >= 11 is 0. The lowest BCUT2D eigenvalue weighted by Crippen LogP contribution is -2.14. The number of hydrogen-bond donors (Lipinski definition) is 2. The van der Waals surface area contributed by atoms with Gasteiger partial charge in [0.15, 0.2) is 0 Å². The van der Waals surface area contributed by atoms with Gasteiger partial charge in [0.05, 0.1) is 6.54 Å². The van der Waals surface area contributed by atoms with Crippen LogP contribution < -0.4 is 10.6 Å². The number of carbonyl (C=O) groups is 2. The van der Waals surface area contributed by atoms with Crippen molar-refractivity contribution in [2.75, 3.05) is 6.54 Å². The smallest absolute Gasteiger partial charge is 0.411 e. The van der Waals surface area contributed by atoms with Crippen LogP contribution in [-0.2, 0) is 9.53 Å². The summed E-state index contributed by atoms with van der Waals surface area (Å²) in [5, 5.41) is 4.80. The van der Waals surface area contributed by atoms with E-state index >= 15 is 0 Å². The Kier molecular flexibility index (Phi) is 2.10. The molecule has 0 unspecified atom stereocenters. The molecule has 1 heterocycles. The quantitative estimate of drug-likeness (QED) is 0.547. The maximum atomic E-state index is 10.4. The minimum Gasteiger partial charge on any atom is -0.411 e. The Balaban J connectivity index is 2.42. The van der Waals surface area contributed by atoms with Crippen molar-refractivity contribution in [3.8, 4) is 0 Å². The van der Waals surface area contributed by atoms with E-state index in [-0.39, 0.29) is 5.91 Å². The summed E-state index contributed by atoms with van der Waals surface area (Å²) in [7, 11) is 0. The minimum absolute atomic E-state index is 0.194. The van der Waals surface area contributed by atoms with Crippen LogP contribution in [0.15, 0.2) is 12.0 Å². The van der Waals surface area contributed by atoms with Crippen molar-refractivity contribution >= 4 is 12.0 Å². The topological polar surface area (TPSA) is 67.4 Å². The standard InChI is InChI=1S/C6H8N2O3/c1-4(9)7-2-5-3-8-6(10)11-5/h2H,3H2,1H3,(H,7,9)(H,8,10)/b5-2+. The Morgan fingerprint density at radius 3 is 3.00 bits per heavy atom. The minimum atomic E-state index is -0.485. The van der Waals surface area contributed by atoms with Gasteiger partial charge in [-0.2, -0.15) is 0 Å². The third kappa shape index (κ3) is 2.29. The number of amides is 2. The molecule has 0 saturated carbocycles. The molecule has 0 spiro atoms. The van der Waals surface area contributed by atoms with E-state index in [1.165, 1.54) is 13.1 Å². The highest BCUT2D eigenvalue weighted by atomic mass is 16.6. The van der Waals surface area contributed by atoms with Gasteiger partial charge in [0.1, 0.15) is 5.76 Å². The third-order valence-electron chi connectivity index (χ3n) is 1.07. The highest BCUT2D eigenvalue weighted by Crippen LogP contribution is 2.01. The van der Waals surface area contributed by atoms with Crippen molar-refractivity contribution in [3.63, 3.8) is 0 Å². The Morgan fingerprint density at radius 1 is 1.82 bits per heavy atom. The van der Waals surface area contributed by atoms with Crippen LogP contribution in [-0.4, -0.2) is 18.5 Å². The van der Waals surface area contributed by atoms with E-state index in [0.29, 0.717) is 12.3 Å². The number of alkyl carbamates (subject to hydrolysis) is 1. The van der Waals surface area contributed by atoms with Crippen molar-refractivity contribution in [2.45, 2.75) is 6.92 Å². The molecule has 1 fully saturated rings. The second-order valence-electron chi connectivity index (χ2n) is 2.05. The van der Waals surface area contributed by atoms with Crippen LogP contribution in [0.3, 0.4) is 0 Å². The van der Waals surface area contributed by atoms with Crippen molar-refractivity contribution in [1.29, 1.82) is 0 Å². The fourth-order valence-electron chi connectivity index (χ4n) is 0.613. The molecule has 0 aromatic rings. The molecule has 2 amide bonds. The number of nitrogens with one attached hydrogen (secondary N) is 2. The summed E-state index contributed by atoms with van der Waals surface area (Å²) < 4.78 is 4.61. The molecule has 11 heavy (non-hydrogen) atoms. The number of carbonyl (C=O) groups excluding carboxylic acids is 2. The fourth-order valence-corrected chi connectivity index (χ4v) is 0.613. The number of rotatable bonds is 1. The SMILES string of the molecule is CC(=O)N/C=C1\CNC(=O)O1. The molecular formula is C6H8N2O3. The van der Waals surface area contributed by atoms with E-state index in [9.17, 15) is 9.59 Å². The Hall–Kier alpha value is -1.52. The molecule has 5 nitrogen and oxygen atoms in total. The van der Waals surface area contributed by atoms with Crippen molar-refractivity contribution < 1.29 is 14.3 Å². The van der Waals surface area contributed by atoms with Gasteiger partial charge in [-0.1, -0.05) is 0 Å². The second kappa shape index (κ2) is 3.05. The van der Waals surface area contributed by atoms with E-state index in [1.54, 1.807) is 0 Å². The van der Waals surface area contributed by atoms with Gasteiger partial charge in [0.25, 0.3) is 0 Å². The molecule has 1 saturated heterocycles. The van der Waals surface area contributed by atoms with E-state index in [1.807, 2.05) is 0 Å². The molecule has 0 aromatic carbocycles. The Bertz CT molecular complexity index is 222. The summed E-state index contributed by atoms with van der Waals surface area (Å²) in [5.74, 6) is 0.227. The highest BCUT2D eigenvalue weighted by Gasteiger charge is 2.14. The van der Waals surface area contributed by atoms with E-state index < -0.39 is 6.09 Å². The molecular weight excluding hydrogens is 148 g/mol. The molecule has 5 heteroatoms. The summed E-state index contributed by atoms with van der Waals surface area (Å²) in [6.45, 7) is 1.71. The van der Waals surface area contributed by atoms with Crippen molar-refractivity contribution in [2.24, 2.45) is 0 Å². The van der Waals surface area contributed by atoms with Crippen LogP contribution in [0, 0.1) is 0 Å². The van der Waals surface area contributed by atoms with Gasteiger partial charge in [0.2, 0.25) is 5.91 Å². The van der Waals surface area contributed by atoms with E-state index in [2.05, 4.69) is 15.4 Å². The average Bonchev–Trinajstić information content (AvgIpc) is 2.31. The third-order valence-corrected chi connectivity index (χ3v) is 1.07. The number of cyclic esters (lactones) is 1. The molecule has 1 rings (SSSR count). The summed E-state index contributed by atoms with van der Waals surface area (Å²) in [6.07, 6.45) is 0.877. The average molecular weight is 156 g/mol. The predicted octanol–water partition coefficient (Wildman–Crippen LogP) is -0.296. The zero-order valence-corrected chi connectivity index (χ0v) is 6.01. The Morgan fingerprint density at radius 2 is 2.55 bits per heavy atom. The van der Waals surface area contributed by atoms with Crippen LogP contribution in [0.4, 0.5) is 4.79 Å². The first kappa shape index (κ1) is 7.59. The Labute approximate surface area is 63.4 Å². The van der Waals surface area contributed by atoms with Crippen LogP contribution >= 0.6 is 0 Å². The van der Waals surface area contributed by atoms with Crippen LogP contribution in [0.2, 0.25) is 0 Å². The van der Waals surface area contributed by atoms with Crippen molar-refractivity contribution in [3.05, 3.63) is 12.0 Å². The molecule has 1 aliphatic rings. The predicted molar refractivity (Wildman–Crippen MR) is 36.4 cm³/mol. The lowest BCUT2D eigenvalue weighted by molar-refractivity contribution is -0.118. The van der Waals surface area contributed by atoms with Crippen LogP contribution in [0.5, 0.6) is 0 Å². The van der Waals surface area contributed by atoms with Gasteiger partial charge in [0, 0.05) is 13.1 Å². The fraction of sp³-hybridized carbons (Fsp3) is 0.333. The zero-order chi connectivity index (χ0) is 8.27. The van der Waals surface area contributed by atoms with Gasteiger partial charge in [-0.15, -0.1) is 0 Å². The zero-order valence-electron chi connectivity index (χ0n) is 6.01. The van der Waals surface area contributed by atoms with Gasteiger partial charge in [-0.25, -0.2) is 4.79 Å². The summed E-state index contributed by atoms with van der Waals surface area (Å²) in [6, 6.07) is 0. The number of ether oxygens (including phenoxy) is 1. The molecule has 0 bridgehead atoms. The maximum absolute atomic E-state index is 10.4. The van der Waals surface area contributed by atoms with Gasteiger partial charge in [-0.3, -0.25) is 4.79 Å². The molecule has 1 aliphatic heterocycles. The van der Waals surface area contributed by atoms with E-state index in [4.69, 9.17) is 0 Å². The summed E-state index contributed by atoms with van der Waals surface area (Å²) in [4.78, 5) is 20.8. The lowest BCUT2D eigenvalue weighted by Gasteiger charge is -1.93. The largest absolute Gasteiger partial charge is 0.412 e. The molecule has 0 atom stereocenters. The molecule has 60 valence electrons. The lowest BCUT2D eigenvalue weighted by atomic mass is 10.5. The molecule has 0 aromatic heterocycles.